The van der Waals surface area contributed by atoms with E-state index >= 15 is 0 Å². The first-order chi connectivity index (χ1) is 15.0. The minimum atomic E-state index is -0.678. The average Bonchev–Trinajstić information content (AvgIpc) is 2.81. The summed E-state index contributed by atoms with van der Waals surface area (Å²) < 4.78 is 5.75. The van der Waals surface area contributed by atoms with E-state index < -0.39 is 6.10 Å². The predicted octanol–water partition coefficient (Wildman–Crippen LogP) is 5.32. The molecular formula is C26H28N2O3. The lowest BCUT2D eigenvalue weighted by atomic mass is 10.1. The fourth-order valence-corrected chi connectivity index (χ4v) is 3.24. The molecule has 2 amide bonds. The third-order valence-corrected chi connectivity index (χ3v) is 5.02. The molecule has 0 saturated carbocycles. The largest absolute Gasteiger partial charge is 0.481 e. The quantitative estimate of drug-likeness (QED) is 0.541. The average molecular weight is 417 g/mol. The van der Waals surface area contributed by atoms with Crippen molar-refractivity contribution in [2.24, 2.45) is 0 Å². The molecule has 0 saturated heterocycles. The van der Waals surface area contributed by atoms with Crippen LogP contribution in [0.5, 0.6) is 5.75 Å². The molecule has 3 aromatic rings. The molecule has 0 heterocycles. The van der Waals surface area contributed by atoms with Gasteiger partial charge in [0.25, 0.3) is 11.8 Å². The van der Waals surface area contributed by atoms with Crippen molar-refractivity contribution in [3.8, 4) is 5.75 Å². The Balaban J connectivity index is 1.67. The molecule has 0 aromatic heterocycles. The fourth-order valence-electron chi connectivity index (χ4n) is 3.24. The number of carbonyl (C=O) groups is 2. The number of nitrogens with one attached hydrogen (secondary N) is 1. The van der Waals surface area contributed by atoms with Gasteiger partial charge in [-0.1, -0.05) is 43.3 Å². The van der Waals surface area contributed by atoms with Crippen LogP contribution in [0.1, 0.15) is 36.7 Å². The summed E-state index contributed by atoms with van der Waals surface area (Å²) in [6, 6.07) is 24.2. The minimum absolute atomic E-state index is 0.120. The molecule has 0 aliphatic rings. The van der Waals surface area contributed by atoms with Crippen molar-refractivity contribution in [1.82, 2.24) is 0 Å². The molecule has 0 fully saturated rings. The van der Waals surface area contributed by atoms with Crippen molar-refractivity contribution in [2.75, 3.05) is 16.8 Å². The van der Waals surface area contributed by atoms with E-state index in [9.17, 15) is 9.59 Å². The SMILES string of the molecule is CCc1ccc(OC(C)C(=O)Nc2cccc(C(=O)N(CC)c3ccccc3)c2)cc1. The van der Waals surface area contributed by atoms with Crippen LogP contribution >= 0.6 is 0 Å². The van der Waals surface area contributed by atoms with Gasteiger partial charge in [0.15, 0.2) is 6.10 Å². The number of benzene rings is 3. The van der Waals surface area contributed by atoms with E-state index in [1.54, 1.807) is 36.1 Å². The Morgan fingerprint density at radius 2 is 1.65 bits per heavy atom. The second-order valence-corrected chi connectivity index (χ2v) is 7.21. The van der Waals surface area contributed by atoms with Gasteiger partial charge in [-0.25, -0.2) is 0 Å². The van der Waals surface area contributed by atoms with Crippen molar-refractivity contribution >= 4 is 23.2 Å². The molecule has 0 aliphatic carbocycles. The van der Waals surface area contributed by atoms with Crippen molar-refractivity contribution in [2.45, 2.75) is 33.3 Å². The number of carbonyl (C=O) groups excluding carboxylic acids is 2. The van der Waals surface area contributed by atoms with Crippen LogP contribution in [0, 0.1) is 0 Å². The van der Waals surface area contributed by atoms with Gasteiger partial charge in [0, 0.05) is 23.5 Å². The number of hydrogen-bond donors (Lipinski definition) is 1. The second kappa shape index (κ2) is 10.4. The Hall–Kier alpha value is -3.60. The van der Waals surface area contributed by atoms with Gasteiger partial charge in [-0.3, -0.25) is 9.59 Å². The number of nitrogens with zero attached hydrogens (tertiary/aromatic N) is 1. The Bertz CT molecular complexity index is 1020. The highest BCUT2D eigenvalue weighted by Crippen LogP contribution is 2.20. The van der Waals surface area contributed by atoms with E-state index in [4.69, 9.17) is 4.74 Å². The van der Waals surface area contributed by atoms with Gasteiger partial charge in [0.05, 0.1) is 0 Å². The number of amides is 2. The summed E-state index contributed by atoms with van der Waals surface area (Å²) in [5.41, 5.74) is 3.10. The summed E-state index contributed by atoms with van der Waals surface area (Å²) in [5, 5.41) is 2.84. The monoisotopic (exact) mass is 416 g/mol. The van der Waals surface area contributed by atoms with E-state index in [1.165, 1.54) is 5.56 Å². The van der Waals surface area contributed by atoms with Crippen molar-refractivity contribution < 1.29 is 14.3 Å². The first-order valence-electron chi connectivity index (χ1n) is 10.5. The topological polar surface area (TPSA) is 58.6 Å². The molecule has 1 unspecified atom stereocenters. The molecule has 5 heteroatoms. The first kappa shape index (κ1) is 22.1. The molecule has 0 spiro atoms. The zero-order valence-electron chi connectivity index (χ0n) is 18.2. The minimum Gasteiger partial charge on any atom is -0.481 e. The number of para-hydroxylation sites is 1. The summed E-state index contributed by atoms with van der Waals surface area (Å²) in [6.07, 6.45) is 0.272. The summed E-state index contributed by atoms with van der Waals surface area (Å²) in [6.45, 7) is 6.26. The Morgan fingerprint density at radius 1 is 0.935 bits per heavy atom. The van der Waals surface area contributed by atoms with Crippen molar-refractivity contribution in [3.05, 3.63) is 90.0 Å². The van der Waals surface area contributed by atoms with Gasteiger partial charge in [0.2, 0.25) is 0 Å². The molecule has 0 aliphatic heterocycles. The van der Waals surface area contributed by atoms with E-state index in [0.29, 0.717) is 23.5 Å². The van der Waals surface area contributed by atoms with Crippen LogP contribution in [-0.4, -0.2) is 24.5 Å². The third kappa shape index (κ3) is 5.72. The highest BCUT2D eigenvalue weighted by Gasteiger charge is 2.18. The third-order valence-electron chi connectivity index (χ3n) is 5.02. The maximum Gasteiger partial charge on any atom is 0.265 e. The summed E-state index contributed by atoms with van der Waals surface area (Å²) in [7, 11) is 0. The summed E-state index contributed by atoms with van der Waals surface area (Å²) >= 11 is 0. The van der Waals surface area contributed by atoms with Crippen LogP contribution in [0.2, 0.25) is 0 Å². The number of rotatable bonds is 8. The molecule has 31 heavy (non-hydrogen) atoms. The molecule has 1 N–H and O–H groups in total. The summed E-state index contributed by atoms with van der Waals surface area (Å²) in [4.78, 5) is 27.3. The fraction of sp³-hybridized carbons (Fsp3) is 0.231. The lowest BCUT2D eigenvalue weighted by molar-refractivity contribution is -0.122. The second-order valence-electron chi connectivity index (χ2n) is 7.21. The zero-order valence-corrected chi connectivity index (χ0v) is 18.2. The zero-order chi connectivity index (χ0) is 22.2. The lowest BCUT2D eigenvalue weighted by Crippen LogP contribution is -2.31. The normalized spacial score (nSPS) is 11.5. The van der Waals surface area contributed by atoms with E-state index in [0.717, 1.165) is 12.1 Å². The number of anilines is 2. The van der Waals surface area contributed by atoms with Crippen LogP contribution in [-0.2, 0) is 11.2 Å². The van der Waals surface area contributed by atoms with Gasteiger partial charge in [-0.15, -0.1) is 0 Å². The standard InChI is InChI=1S/C26H28N2O3/c1-4-20-14-16-24(17-15-20)31-19(3)25(29)27-22-11-9-10-21(18-22)26(30)28(5-2)23-12-7-6-8-13-23/h6-19H,4-5H2,1-3H3,(H,27,29). The van der Waals surface area contributed by atoms with Crippen molar-refractivity contribution in [3.63, 3.8) is 0 Å². The van der Waals surface area contributed by atoms with Gasteiger partial charge in [-0.2, -0.15) is 0 Å². The molecule has 1 atom stereocenters. The highest BCUT2D eigenvalue weighted by atomic mass is 16.5. The van der Waals surface area contributed by atoms with Crippen LogP contribution in [0.3, 0.4) is 0 Å². The van der Waals surface area contributed by atoms with E-state index in [2.05, 4.69) is 12.2 Å². The maximum atomic E-state index is 13.0. The van der Waals surface area contributed by atoms with Gasteiger partial charge in [-0.05, 0) is 68.3 Å². The molecule has 3 rings (SSSR count). The number of aryl methyl sites for hydroxylation is 1. The number of ether oxygens (including phenoxy) is 1. The Kier molecular flexibility index (Phi) is 7.44. The predicted molar refractivity (Wildman–Crippen MR) is 125 cm³/mol. The van der Waals surface area contributed by atoms with Gasteiger partial charge < -0.3 is 15.0 Å². The number of hydrogen-bond acceptors (Lipinski definition) is 3. The molecule has 0 bridgehead atoms. The summed E-state index contributed by atoms with van der Waals surface area (Å²) in [5.74, 6) is 0.245. The highest BCUT2D eigenvalue weighted by molar-refractivity contribution is 6.07. The maximum absolute atomic E-state index is 13.0. The van der Waals surface area contributed by atoms with Crippen LogP contribution < -0.4 is 15.0 Å². The Morgan fingerprint density at radius 3 is 2.29 bits per heavy atom. The molecule has 0 radical (unpaired) electrons. The van der Waals surface area contributed by atoms with Crippen LogP contribution in [0.4, 0.5) is 11.4 Å². The van der Waals surface area contributed by atoms with Crippen molar-refractivity contribution in [1.29, 1.82) is 0 Å². The van der Waals surface area contributed by atoms with E-state index in [-0.39, 0.29) is 11.8 Å². The van der Waals surface area contributed by atoms with Crippen LogP contribution in [0.15, 0.2) is 78.9 Å². The molecule has 160 valence electrons. The van der Waals surface area contributed by atoms with Crippen LogP contribution in [0.25, 0.3) is 0 Å². The molecular weight excluding hydrogens is 388 g/mol. The molecule has 3 aromatic carbocycles. The first-order valence-corrected chi connectivity index (χ1v) is 10.5. The Labute approximate surface area is 183 Å². The molecule has 5 nitrogen and oxygen atoms in total. The van der Waals surface area contributed by atoms with E-state index in [1.807, 2.05) is 61.5 Å². The smallest absolute Gasteiger partial charge is 0.265 e. The van der Waals surface area contributed by atoms with Gasteiger partial charge >= 0.3 is 0 Å². The van der Waals surface area contributed by atoms with Gasteiger partial charge in [0.1, 0.15) is 5.75 Å². The lowest BCUT2D eigenvalue weighted by Gasteiger charge is -2.21.